The van der Waals surface area contributed by atoms with E-state index in [4.69, 9.17) is 5.73 Å². The van der Waals surface area contributed by atoms with Crippen molar-refractivity contribution in [3.8, 4) is 0 Å². The zero-order chi connectivity index (χ0) is 8.81. The van der Waals surface area contributed by atoms with E-state index in [1.165, 1.54) is 0 Å². The van der Waals surface area contributed by atoms with Crippen LogP contribution in [-0.4, -0.2) is 30.4 Å². The highest BCUT2D eigenvalue weighted by Gasteiger charge is 2.12. The second-order valence-corrected chi connectivity index (χ2v) is 3.04. The Kier molecular flexibility index (Phi) is 3.80. The van der Waals surface area contributed by atoms with Gasteiger partial charge in [-0.2, -0.15) is 0 Å². The molecule has 1 aliphatic rings. The van der Waals surface area contributed by atoms with Gasteiger partial charge in [0.25, 0.3) is 0 Å². The predicted molar refractivity (Wildman–Crippen MR) is 50.7 cm³/mol. The third-order valence-electron chi connectivity index (χ3n) is 2.03. The molecule has 0 aromatic carbocycles. The Bertz CT molecular complexity index is 182. The summed E-state index contributed by atoms with van der Waals surface area (Å²) in [5.74, 6) is 0.155. The van der Waals surface area contributed by atoms with Crippen LogP contribution in [0.3, 0.4) is 0 Å². The summed E-state index contributed by atoms with van der Waals surface area (Å²) in [5.41, 5.74) is 5.36. The molecule has 12 heavy (non-hydrogen) atoms. The maximum atomic E-state index is 11.1. The number of carbonyl (C=O) groups excluding carboxylic acids is 1. The molecule has 0 unspecified atom stereocenters. The molecular formula is C9H18N2O. The molecule has 1 rings (SSSR count). The van der Waals surface area contributed by atoms with Crippen molar-refractivity contribution < 1.29 is 6.22 Å². The predicted octanol–water partition coefficient (Wildman–Crippen LogP) is 0.760. The molecule has 0 atom stereocenters. The molecular weight excluding hydrogens is 152 g/mol. The molecule has 70 valence electrons. The average molecular weight is 170 g/mol. The van der Waals surface area contributed by atoms with Crippen LogP contribution in [-0.2, 0) is 4.79 Å². The average Bonchev–Trinajstić information content (AvgIpc) is 2.46. The van der Waals surface area contributed by atoms with E-state index in [2.05, 4.69) is 0 Å². The van der Waals surface area contributed by atoms with E-state index < -0.39 is 0 Å². The molecule has 1 heterocycles. The van der Waals surface area contributed by atoms with Gasteiger partial charge in [0.15, 0.2) is 0 Å². The van der Waals surface area contributed by atoms with Gasteiger partial charge in [0.2, 0.25) is 5.91 Å². The van der Waals surface area contributed by atoms with E-state index in [9.17, 15) is 4.79 Å². The fourth-order valence-corrected chi connectivity index (χ4v) is 1.30. The van der Waals surface area contributed by atoms with Gasteiger partial charge in [-0.1, -0.05) is 12.5 Å². The molecule has 0 aromatic heterocycles. The molecule has 2 N–H and O–H groups in total. The molecule has 0 aliphatic carbocycles. The van der Waals surface area contributed by atoms with Crippen molar-refractivity contribution in [2.45, 2.75) is 19.3 Å². The first-order valence-electron chi connectivity index (χ1n) is 4.50. The SMILES string of the molecule is NCCCCCN1CC=CC1=O.[HH]. The zero-order valence-electron chi connectivity index (χ0n) is 7.33. The Morgan fingerprint density at radius 1 is 1.50 bits per heavy atom. The lowest BCUT2D eigenvalue weighted by Crippen LogP contribution is -2.26. The van der Waals surface area contributed by atoms with Crippen molar-refractivity contribution in [1.82, 2.24) is 4.90 Å². The molecule has 0 saturated carbocycles. The van der Waals surface area contributed by atoms with Gasteiger partial charge in [0.05, 0.1) is 0 Å². The molecule has 1 amide bonds. The zero-order valence-corrected chi connectivity index (χ0v) is 7.33. The van der Waals surface area contributed by atoms with Crippen LogP contribution in [0.1, 0.15) is 20.7 Å². The van der Waals surface area contributed by atoms with Gasteiger partial charge >= 0.3 is 0 Å². The summed E-state index contributed by atoms with van der Waals surface area (Å²) in [6.45, 7) is 2.43. The van der Waals surface area contributed by atoms with Crippen LogP contribution < -0.4 is 5.73 Å². The molecule has 0 aromatic rings. The number of amides is 1. The molecule has 0 radical (unpaired) electrons. The van der Waals surface area contributed by atoms with Crippen LogP contribution in [0.15, 0.2) is 12.2 Å². The lowest BCUT2D eigenvalue weighted by molar-refractivity contribution is -0.124. The fourth-order valence-electron chi connectivity index (χ4n) is 1.30. The van der Waals surface area contributed by atoms with E-state index in [1.807, 2.05) is 11.0 Å². The first-order chi connectivity index (χ1) is 5.84. The van der Waals surface area contributed by atoms with Gasteiger partial charge in [-0.15, -0.1) is 0 Å². The van der Waals surface area contributed by atoms with Gasteiger partial charge in [0.1, 0.15) is 0 Å². The Labute approximate surface area is 74.7 Å². The highest BCUT2D eigenvalue weighted by Crippen LogP contribution is 2.04. The summed E-state index contributed by atoms with van der Waals surface area (Å²) in [6, 6.07) is 0. The van der Waals surface area contributed by atoms with Crippen molar-refractivity contribution >= 4 is 5.91 Å². The number of nitrogens with zero attached hydrogens (tertiary/aromatic N) is 1. The highest BCUT2D eigenvalue weighted by atomic mass is 16.2. The van der Waals surface area contributed by atoms with E-state index in [1.54, 1.807) is 6.08 Å². The van der Waals surface area contributed by atoms with Crippen molar-refractivity contribution in [1.29, 1.82) is 0 Å². The monoisotopic (exact) mass is 170 g/mol. The third-order valence-corrected chi connectivity index (χ3v) is 2.03. The first-order valence-corrected chi connectivity index (χ1v) is 4.50. The first kappa shape index (κ1) is 9.26. The molecule has 0 spiro atoms. The van der Waals surface area contributed by atoms with Crippen LogP contribution in [0.5, 0.6) is 0 Å². The molecule has 0 saturated heterocycles. The lowest BCUT2D eigenvalue weighted by atomic mass is 10.2. The van der Waals surface area contributed by atoms with Crippen LogP contribution >= 0.6 is 0 Å². The summed E-state index contributed by atoms with van der Waals surface area (Å²) in [7, 11) is 0. The number of carbonyl (C=O) groups is 1. The minimum Gasteiger partial charge on any atom is -0.335 e. The smallest absolute Gasteiger partial charge is 0.246 e. The summed E-state index contributed by atoms with van der Waals surface area (Å²) < 4.78 is 0. The standard InChI is InChI=1S/C9H16N2O.H2/c10-6-2-1-3-7-11-8-4-5-9(11)12;/h4-5H,1-3,6-8,10H2;1H. The van der Waals surface area contributed by atoms with Crippen LogP contribution in [0.2, 0.25) is 0 Å². The van der Waals surface area contributed by atoms with E-state index in [0.29, 0.717) is 0 Å². The number of nitrogens with two attached hydrogens (primary N) is 1. The van der Waals surface area contributed by atoms with Crippen molar-refractivity contribution in [2.75, 3.05) is 19.6 Å². The largest absolute Gasteiger partial charge is 0.335 e. The van der Waals surface area contributed by atoms with Gasteiger partial charge in [0, 0.05) is 20.6 Å². The number of hydrogen-bond donors (Lipinski definition) is 1. The van der Waals surface area contributed by atoms with Crippen molar-refractivity contribution in [3.63, 3.8) is 0 Å². The Hall–Kier alpha value is -0.830. The molecule has 3 nitrogen and oxygen atoms in total. The molecule has 3 heteroatoms. The van der Waals surface area contributed by atoms with Gasteiger partial charge in [-0.25, -0.2) is 0 Å². The second-order valence-electron chi connectivity index (χ2n) is 3.04. The lowest BCUT2D eigenvalue weighted by Gasteiger charge is -2.14. The molecule has 0 fully saturated rings. The third kappa shape index (κ3) is 2.66. The fraction of sp³-hybridized carbons (Fsp3) is 0.667. The Balaban J connectivity index is 0.00000144. The van der Waals surface area contributed by atoms with E-state index in [-0.39, 0.29) is 7.33 Å². The second kappa shape index (κ2) is 4.93. The van der Waals surface area contributed by atoms with Gasteiger partial charge in [-0.3, -0.25) is 4.79 Å². The quantitative estimate of drug-likeness (QED) is 0.619. The van der Waals surface area contributed by atoms with Crippen LogP contribution in [0.4, 0.5) is 0 Å². The minimum atomic E-state index is 0. The summed E-state index contributed by atoms with van der Waals surface area (Å²) in [5, 5.41) is 0. The maximum absolute atomic E-state index is 11.1. The summed E-state index contributed by atoms with van der Waals surface area (Å²) in [6.07, 6.45) is 6.81. The van der Waals surface area contributed by atoms with Gasteiger partial charge in [-0.05, 0) is 19.4 Å². The van der Waals surface area contributed by atoms with E-state index in [0.717, 1.165) is 38.9 Å². The number of hydrogen-bond acceptors (Lipinski definition) is 2. The van der Waals surface area contributed by atoms with Crippen molar-refractivity contribution in [3.05, 3.63) is 12.2 Å². The normalized spacial score (nSPS) is 16.1. The topological polar surface area (TPSA) is 46.3 Å². The summed E-state index contributed by atoms with van der Waals surface area (Å²) >= 11 is 0. The summed E-state index contributed by atoms with van der Waals surface area (Å²) in [4.78, 5) is 12.9. The van der Waals surface area contributed by atoms with Crippen LogP contribution in [0.25, 0.3) is 0 Å². The van der Waals surface area contributed by atoms with Gasteiger partial charge < -0.3 is 10.6 Å². The minimum absolute atomic E-state index is 0. The maximum Gasteiger partial charge on any atom is 0.246 e. The number of rotatable bonds is 5. The Morgan fingerprint density at radius 3 is 2.92 bits per heavy atom. The van der Waals surface area contributed by atoms with E-state index >= 15 is 0 Å². The molecule has 0 bridgehead atoms. The van der Waals surface area contributed by atoms with Crippen molar-refractivity contribution in [2.24, 2.45) is 5.73 Å². The number of unbranched alkanes of at least 4 members (excludes halogenated alkanes) is 2. The molecule has 1 aliphatic heterocycles. The highest BCUT2D eigenvalue weighted by molar-refractivity contribution is 5.89. The van der Waals surface area contributed by atoms with Crippen LogP contribution in [0, 0.1) is 0 Å². The Morgan fingerprint density at radius 2 is 2.33 bits per heavy atom.